The van der Waals surface area contributed by atoms with E-state index in [1.807, 2.05) is 0 Å². The Labute approximate surface area is 164 Å². The highest BCUT2D eigenvalue weighted by Crippen LogP contribution is 2.13. The van der Waals surface area contributed by atoms with Crippen LogP contribution >= 0.6 is 0 Å². The molecule has 152 valence electrons. The quantitative estimate of drug-likeness (QED) is 0.265. The molecule has 1 aromatic carbocycles. The molecule has 0 N–H and O–H groups in total. The van der Waals surface area contributed by atoms with Crippen molar-refractivity contribution in [3.63, 3.8) is 0 Å². The summed E-state index contributed by atoms with van der Waals surface area (Å²) in [6.07, 6.45) is 12.5. The standard InChI is InChI=1S/C23H36O4/c1-3-5-7-8-9-10-11-15-19-27-23(25)21-17-13-12-16-20(21)22(24)26-18-14-6-4-2/h12-13,16-17H,3-11,14-15,18-19H2,1-2H3. The fraction of sp³-hybridized carbons (Fsp3) is 0.652. The smallest absolute Gasteiger partial charge is 0.339 e. The third-order valence-electron chi connectivity index (χ3n) is 4.58. The van der Waals surface area contributed by atoms with E-state index in [2.05, 4.69) is 13.8 Å². The first-order chi connectivity index (χ1) is 13.2. The second-order valence-corrected chi connectivity index (χ2v) is 7.00. The van der Waals surface area contributed by atoms with Crippen molar-refractivity contribution in [1.82, 2.24) is 0 Å². The Hall–Kier alpha value is -1.84. The maximum absolute atomic E-state index is 12.3. The monoisotopic (exact) mass is 376 g/mol. The molecule has 1 aromatic rings. The van der Waals surface area contributed by atoms with Crippen LogP contribution in [0.2, 0.25) is 0 Å². The maximum atomic E-state index is 12.3. The van der Waals surface area contributed by atoms with E-state index in [0.717, 1.165) is 32.1 Å². The summed E-state index contributed by atoms with van der Waals surface area (Å²) in [6.45, 7) is 5.10. The Kier molecular flexibility index (Phi) is 13.1. The molecule has 27 heavy (non-hydrogen) atoms. The van der Waals surface area contributed by atoms with Gasteiger partial charge in [0.25, 0.3) is 0 Å². The van der Waals surface area contributed by atoms with Crippen LogP contribution in [-0.2, 0) is 9.47 Å². The highest BCUT2D eigenvalue weighted by molar-refractivity contribution is 6.03. The molecule has 0 radical (unpaired) electrons. The van der Waals surface area contributed by atoms with Gasteiger partial charge in [0.15, 0.2) is 0 Å². The zero-order valence-electron chi connectivity index (χ0n) is 17.1. The minimum absolute atomic E-state index is 0.287. The van der Waals surface area contributed by atoms with Crippen molar-refractivity contribution in [2.45, 2.75) is 84.5 Å². The Morgan fingerprint density at radius 2 is 1.00 bits per heavy atom. The fourth-order valence-corrected chi connectivity index (χ4v) is 2.91. The second-order valence-electron chi connectivity index (χ2n) is 7.00. The van der Waals surface area contributed by atoms with Crippen molar-refractivity contribution in [3.05, 3.63) is 35.4 Å². The molecular weight excluding hydrogens is 340 g/mol. The maximum Gasteiger partial charge on any atom is 0.339 e. The van der Waals surface area contributed by atoms with Gasteiger partial charge in [0.1, 0.15) is 0 Å². The number of esters is 2. The summed E-state index contributed by atoms with van der Waals surface area (Å²) in [5.41, 5.74) is 0.576. The van der Waals surface area contributed by atoms with Crippen LogP contribution < -0.4 is 0 Å². The van der Waals surface area contributed by atoms with E-state index in [1.54, 1.807) is 24.3 Å². The van der Waals surface area contributed by atoms with Gasteiger partial charge in [-0.15, -0.1) is 0 Å². The van der Waals surface area contributed by atoms with Gasteiger partial charge in [-0.2, -0.15) is 0 Å². The van der Waals surface area contributed by atoms with E-state index in [0.29, 0.717) is 13.2 Å². The molecule has 0 aliphatic carbocycles. The number of carbonyl (C=O) groups excluding carboxylic acids is 2. The van der Waals surface area contributed by atoms with Crippen molar-refractivity contribution in [2.75, 3.05) is 13.2 Å². The molecule has 0 aromatic heterocycles. The van der Waals surface area contributed by atoms with Crippen LogP contribution in [-0.4, -0.2) is 25.2 Å². The van der Waals surface area contributed by atoms with Crippen molar-refractivity contribution in [1.29, 1.82) is 0 Å². The minimum atomic E-state index is -0.453. The number of hydrogen-bond donors (Lipinski definition) is 0. The predicted octanol–water partition coefficient (Wildman–Crippen LogP) is 6.33. The lowest BCUT2D eigenvalue weighted by Gasteiger charge is -2.10. The van der Waals surface area contributed by atoms with Crippen LogP contribution in [0.1, 0.15) is 105 Å². The van der Waals surface area contributed by atoms with E-state index in [9.17, 15) is 9.59 Å². The van der Waals surface area contributed by atoms with Crippen molar-refractivity contribution in [2.24, 2.45) is 0 Å². The third kappa shape index (κ3) is 10.2. The summed E-state index contributed by atoms with van der Waals surface area (Å²) in [5, 5.41) is 0. The lowest BCUT2D eigenvalue weighted by atomic mass is 10.1. The summed E-state index contributed by atoms with van der Waals surface area (Å²) in [7, 11) is 0. The van der Waals surface area contributed by atoms with Crippen molar-refractivity contribution in [3.8, 4) is 0 Å². The molecule has 1 rings (SSSR count). The first-order valence-electron chi connectivity index (χ1n) is 10.6. The van der Waals surface area contributed by atoms with E-state index >= 15 is 0 Å². The van der Waals surface area contributed by atoms with Crippen LogP contribution in [0.4, 0.5) is 0 Å². The zero-order valence-corrected chi connectivity index (χ0v) is 17.1. The van der Waals surface area contributed by atoms with Gasteiger partial charge >= 0.3 is 11.9 Å². The van der Waals surface area contributed by atoms with Crippen molar-refractivity contribution < 1.29 is 19.1 Å². The summed E-state index contributed by atoms with van der Waals surface area (Å²) in [6, 6.07) is 6.71. The Morgan fingerprint density at radius 1 is 0.630 bits per heavy atom. The Morgan fingerprint density at radius 3 is 1.48 bits per heavy atom. The number of carbonyl (C=O) groups is 2. The molecule has 0 bridgehead atoms. The minimum Gasteiger partial charge on any atom is -0.462 e. The molecule has 0 atom stereocenters. The van der Waals surface area contributed by atoms with E-state index in [4.69, 9.17) is 9.47 Å². The van der Waals surface area contributed by atoms with E-state index < -0.39 is 11.9 Å². The number of hydrogen-bond acceptors (Lipinski definition) is 4. The molecule has 4 nitrogen and oxygen atoms in total. The molecule has 0 saturated carbocycles. The van der Waals surface area contributed by atoms with Gasteiger partial charge in [-0.1, -0.05) is 83.8 Å². The SMILES string of the molecule is CCCCCCCCCCOC(=O)c1ccccc1C(=O)OCCCCC. The Bertz CT molecular complexity index is 539. The zero-order chi connectivity index (χ0) is 19.7. The van der Waals surface area contributed by atoms with E-state index in [-0.39, 0.29) is 11.1 Å². The van der Waals surface area contributed by atoms with Gasteiger partial charge in [-0.05, 0) is 25.0 Å². The van der Waals surface area contributed by atoms with Crippen LogP contribution in [0.25, 0.3) is 0 Å². The fourth-order valence-electron chi connectivity index (χ4n) is 2.91. The van der Waals surface area contributed by atoms with Gasteiger partial charge in [-0.3, -0.25) is 0 Å². The van der Waals surface area contributed by atoms with Crippen LogP contribution in [0.3, 0.4) is 0 Å². The van der Waals surface area contributed by atoms with Crippen molar-refractivity contribution >= 4 is 11.9 Å². The number of benzene rings is 1. The first-order valence-corrected chi connectivity index (χ1v) is 10.6. The largest absolute Gasteiger partial charge is 0.462 e. The molecule has 0 aliphatic rings. The normalized spacial score (nSPS) is 10.6. The molecule has 0 fully saturated rings. The Balaban J connectivity index is 2.33. The van der Waals surface area contributed by atoms with Gasteiger partial charge < -0.3 is 9.47 Å². The van der Waals surface area contributed by atoms with Gasteiger partial charge in [0.2, 0.25) is 0 Å². The highest BCUT2D eigenvalue weighted by atomic mass is 16.5. The molecule has 0 heterocycles. The molecule has 0 aliphatic heterocycles. The second kappa shape index (κ2) is 15.2. The van der Waals surface area contributed by atoms with Crippen LogP contribution in [0, 0.1) is 0 Å². The molecule has 0 unspecified atom stereocenters. The summed E-state index contributed by atoms with van der Waals surface area (Å²) in [4.78, 5) is 24.5. The number of unbranched alkanes of at least 4 members (excludes halogenated alkanes) is 9. The molecule has 0 saturated heterocycles. The average molecular weight is 377 g/mol. The first kappa shape index (κ1) is 23.2. The number of rotatable bonds is 15. The molecule has 4 heteroatoms. The van der Waals surface area contributed by atoms with Crippen LogP contribution in [0.5, 0.6) is 0 Å². The third-order valence-corrected chi connectivity index (χ3v) is 4.58. The van der Waals surface area contributed by atoms with Gasteiger partial charge in [0, 0.05) is 0 Å². The van der Waals surface area contributed by atoms with Gasteiger partial charge in [0.05, 0.1) is 24.3 Å². The average Bonchev–Trinajstić information content (AvgIpc) is 2.69. The van der Waals surface area contributed by atoms with E-state index in [1.165, 1.54) is 38.5 Å². The van der Waals surface area contributed by atoms with Crippen LogP contribution in [0.15, 0.2) is 24.3 Å². The lowest BCUT2D eigenvalue weighted by molar-refractivity contribution is 0.0450. The summed E-state index contributed by atoms with van der Waals surface area (Å²) < 4.78 is 10.6. The summed E-state index contributed by atoms with van der Waals surface area (Å²) >= 11 is 0. The lowest BCUT2D eigenvalue weighted by Crippen LogP contribution is -2.15. The molecular formula is C23H36O4. The van der Waals surface area contributed by atoms with Gasteiger partial charge in [-0.25, -0.2) is 9.59 Å². The molecule has 0 spiro atoms. The number of ether oxygens (including phenoxy) is 2. The summed E-state index contributed by atoms with van der Waals surface area (Å²) in [5.74, 6) is -0.898. The highest BCUT2D eigenvalue weighted by Gasteiger charge is 2.18. The predicted molar refractivity (Wildman–Crippen MR) is 109 cm³/mol. The topological polar surface area (TPSA) is 52.6 Å². The molecule has 0 amide bonds.